The average Bonchev–Trinajstić information content (AvgIpc) is 2.59. The molecule has 1 saturated heterocycles. The second-order valence-corrected chi connectivity index (χ2v) is 2.39. The number of amidine groups is 1. The maximum atomic E-state index is 4.26. The van der Waals surface area contributed by atoms with Crippen LogP contribution in [0.3, 0.4) is 0 Å². The molecule has 0 spiro atoms. The highest BCUT2D eigenvalue weighted by Crippen LogP contribution is 1.99. The summed E-state index contributed by atoms with van der Waals surface area (Å²) in [5.41, 5.74) is 0. The molecule has 0 bridgehead atoms. The van der Waals surface area contributed by atoms with E-state index in [1.54, 1.807) is 0 Å². The summed E-state index contributed by atoms with van der Waals surface area (Å²) in [5.74, 6) is 0.998. The van der Waals surface area contributed by atoms with E-state index in [0.717, 1.165) is 38.2 Å². The van der Waals surface area contributed by atoms with Gasteiger partial charge < -0.3 is 5.32 Å². The molecular weight excluding hydrogens is 128 g/mol. The molecule has 55 valence electrons. The molecule has 0 saturated carbocycles. The van der Waals surface area contributed by atoms with Gasteiger partial charge in [0.15, 0.2) is 6.17 Å². The van der Waals surface area contributed by atoms with Crippen molar-refractivity contribution in [2.24, 2.45) is 4.99 Å². The molecule has 3 N–H and O–H groups in total. The highest BCUT2D eigenvalue weighted by molar-refractivity contribution is 5.95. The van der Waals surface area contributed by atoms with Gasteiger partial charge in [-0.05, 0) is 0 Å². The minimum absolute atomic E-state index is 0.905. The van der Waals surface area contributed by atoms with Crippen molar-refractivity contribution in [1.82, 2.24) is 16.0 Å². The predicted octanol–water partition coefficient (Wildman–Crippen LogP) is -1.33. The van der Waals surface area contributed by atoms with Crippen molar-refractivity contribution in [3.63, 3.8) is 0 Å². The first-order valence-electron chi connectivity index (χ1n) is 3.60. The van der Waals surface area contributed by atoms with E-state index in [9.17, 15) is 0 Å². The summed E-state index contributed by atoms with van der Waals surface area (Å²) >= 11 is 0. The first-order valence-corrected chi connectivity index (χ1v) is 3.60. The fourth-order valence-electron chi connectivity index (χ4n) is 1.17. The summed E-state index contributed by atoms with van der Waals surface area (Å²) < 4.78 is 0. The maximum Gasteiger partial charge on any atom is 0.167 e. The zero-order valence-corrected chi connectivity index (χ0v) is 5.78. The van der Waals surface area contributed by atoms with E-state index < -0.39 is 0 Å². The minimum atomic E-state index is 0.905. The number of hydrogen-bond acceptors (Lipinski definition) is 4. The topological polar surface area (TPSA) is 48.4 Å². The highest BCUT2D eigenvalue weighted by Gasteiger charge is 2.22. The summed E-state index contributed by atoms with van der Waals surface area (Å²) in [4.78, 5) is 4.26. The van der Waals surface area contributed by atoms with Gasteiger partial charge in [-0.2, -0.15) is 0 Å². The molecule has 2 rings (SSSR count). The van der Waals surface area contributed by atoms with Gasteiger partial charge in [0.05, 0.1) is 6.54 Å². The van der Waals surface area contributed by atoms with Crippen LogP contribution in [-0.4, -0.2) is 32.0 Å². The molecule has 0 aromatic carbocycles. The number of nitrogens with zero attached hydrogens (tertiary/aromatic N) is 1. The number of rotatable bonds is 1. The zero-order chi connectivity index (χ0) is 6.81. The van der Waals surface area contributed by atoms with Crippen molar-refractivity contribution in [1.29, 1.82) is 0 Å². The molecule has 1 radical (unpaired) electrons. The maximum absolute atomic E-state index is 4.26. The third-order valence-electron chi connectivity index (χ3n) is 1.64. The first kappa shape index (κ1) is 6.12. The third kappa shape index (κ3) is 0.998. The smallest absolute Gasteiger partial charge is 0.167 e. The van der Waals surface area contributed by atoms with Crippen molar-refractivity contribution in [2.45, 2.75) is 0 Å². The first-order chi connectivity index (χ1) is 4.97. The van der Waals surface area contributed by atoms with Crippen molar-refractivity contribution in [3.8, 4) is 0 Å². The zero-order valence-electron chi connectivity index (χ0n) is 5.78. The predicted molar refractivity (Wildman–Crippen MR) is 39.6 cm³/mol. The summed E-state index contributed by atoms with van der Waals surface area (Å²) in [5, 5.41) is 9.61. The second kappa shape index (κ2) is 2.56. The summed E-state index contributed by atoms with van der Waals surface area (Å²) in [6, 6.07) is 0. The van der Waals surface area contributed by atoms with Gasteiger partial charge in [0.1, 0.15) is 5.84 Å². The van der Waals surface area contributed by atoms with E-state index >= 15 is 0 Å². The van der Waals surface area contributed by atoms with Crippen molar-refractivity contribution < 1.29 is 0 Å². The van der Waals surface area contributed by atoms with Crippen LogP contribution in [0.15, 0.2) is 4.99 Å². The van der Waals surface area contributed by atoms with Gasteiger partial charge in [0.25, 0.3) is 0 Å². The van der Waals surface area contributed by atoms with Crippen molar-refractivity contribution >= 4 is 5.84 Å². The summed E-state index contributed by atoms with van der Waals surface area (Å²) in [6.45, 7) is 3.90. The van der Waals surface area contributed by atoms with E-state index in [2.05, 4.69) is 20.9 Å². The largest absolute Gasteiger partial charge is 0.369 e. The Morgan fingerprint density at radius 2 is 1.80 bits per heavy atom. The van der Waals surface area contributed by atoms with Crippen LogP contribution in [0, 0.1) is 6.17 Å². The molecule has 0 unspecified atom stereocenters. The average molecular weight is 139 g/mol. The summed E-state index contributed by atoms with van der Waals surface area (Å²) in [7, 11) is 0. The van der Waals surface area contributed by atoms with Crippen molar-refractivity contribution in [3.05, 3.63) is 6.17 Å². The molecule has 0 atom stereocenters. The molecule has 0 aromatic rings. The Morgan fingerprint density at radius 3 is 2.40 bits per heavy atom. The standard InChI is InChI=1S/C6H11N4/c1-2-8-5(7-1)6-9-3-4-10-6/h7-8H,1-4H2,(H,9,10). The highest BCUT2D eigenvalue weighted by atomic mass is 15.3. The molecule has 1 fully saturated rings. The van der Waals surface area contributed by atoms with Gasteiger partial charge in [-0.25, -0.2) is 0 Å². The van der Waals surface area contributed by atoms with E-state index in [4.69, 9.17) is 0 Å². The number of nitrogens with one attached hydrogen (secondary N) is 3. The number of aliphatic imine (C=N–C) groups is 1. The monoisotopic (exact) mass is 139 g/mol. The third-order valence-corrected chi connectivity index (χ3v) is 1.64. The lowest BCUT2D eigenvalue weighted by atomic mass is 10.5. The van der Waals surface area contributed by atoms with Crippen LogP contribution in [-0.2, 0) is 0 Å². The molecule has 10 heavy (non-hydrogen) atoms. The minimum Gasteiger partial charge on any atom is -0.369 e. The Balaban J connectivity index is 1.97. The molecule has 0 aromatic heterocycles. The van der Waals surface area contributed by atoms with Gasteiger partial charge in [-0.3, -0.25) is 15.6 Å². The van der Waals surface area contributed by atoms with Gasteiger partial charge in [0.2, 0.25) is 0 Å². The van der Waals surface area contributed by atoms with Crippen LogP contribution in [0.5, 0.6) is 0 Å². The van der Waals surface area contributed by atoms with Crippen LogP contribution < -0.4 is 16.0 Å². The van der Waals surface area contributed by atoms with Crippen LogP contribution in [0.4, 0.5) is 0 Å². The lowest BCUT2D eigenvalue weighted by Gasteiger charge is -2.08. The normalized spacial score (nSPS) is 26.6. The Hall–Kier alpha value is -0.610. The fraction of sp³-hybridized carbons (Fsp3) is 0.667. The molecule has 4 nitrogen and oxygen atoms in total. The molecule has 4 heteroatoms. The number of hydrogen-bond donors (Lipinski definition) is 3. The molecule has 2 aliphatic rings. The van der Waals surface area contributed by atoms with E-state index in [1.165, 1.54) is 0 Å². The molecule has 0 amide bonds. The Bertz CT molecular complexity index is 148. The molecule has 2 aliphatic heterocycles. The second-order valence-electron chi connectivity index (χ2n) is 2.39. The molecular formula is C6H11N4. The van der Waals surface area contributed by atoms with Gasteiger partial charge in [-0.15, -0.1) is 0 Å². The fourth-order valence-corrected chi connectivity index (χ4v) is 1.17. The lowest BCUT2D eigenvalue weighted by Crippen LogP contribution is -2.37. The molecule has 2 heterocycles. The Labute approximate surface area is 60.1 Å². The quantitative estimate of drug-likeness (QED) is 0.422. The van der Waals surface area contributed by atoms with Crippen LogP contribution in [0.1, 0.15) is 0 Å². The van der Waals surface area contributed by atoms with Crippen molar-refractivity contribution in [2.75, 3.05) is 26.2 Å². The van der Waals surface area contributed by atoms with E-state index in [1.807, 2.05) is 0 Å². The molecule has 0 aliphatic carbocycles. The van der Waals surface area contributed by atoms with E-state index in [-0.39, 0.29) is 0 Å². The van der Waals surface area contributed by atoms with Crippen LogP contribution in [0.25, 0.3) is 0 Å². The van der Waals surface area contributed by atoms with Gasteiger partial charge in [0, 0.05) is 19.6 Å². The van der Waals surface area contributed by atoms with Crippen LogP contribution in [0.2, 0.25) is 0 Å². The van der Waals surface area contributed by atoms with Gasteiger partial charge >= 0.3 is 0 Å². The van der Waals surface area contributed by atoms with Gasteiger partial charge in [-0.1, -0.05) is 0 Å². The Kier molecular flexibility index (Phi) is 1.56. The van der Waals surface area contributed by atoms with E-state index in [0.29, 0.717) is 0 Å². The SMILES string of the molecule is C1CNC([C]2NCCN2)=N1. The Morgan fingerprint density at radius 1 is 1.00 bits per heavy atom. The van der Waals surface area contributed by atoms with Crippen LogP contribution >= 0.6 is 0 Å². The summed E-state index contributed by atoms with van der Waals surface area (Å²) in [6.07, 6.45) is 1.07. The lowest BCUT2D eigenvalue weighted by molar-refractivity contribution is 0.837.